The molecule has 0 unspecified atom stereocenters. The highest BCUT2D eigenvalue weighted by atomic mass is 19.4. The minimum absolute atomic E-state index is 0.0389. The third-order valence-corrected chi connectivity index (χ3v) is 5.93. The summed E-state index contributed by atoms with van der Waals surface area (Å²) in [6.07, 6.45) is -2.73. The molecule has 1 N–H and O–H groups in total. The average molecular weight is 509 g/mol. The van der Waals surface area contributed by atoms with E-state index in [2.05, 4.69) is 23.0 Å². The summed E-state index contributed by atoms with van der Waals surface area (Å²) in [7, 11) is 0. The summed E-state index contributed by atoms with van der Waals surface area (Å²) in [5.41, 5.74) is 3.29. The van der Waals surface area contributed by atoms with Crippen molar-refractivity contribution in [2.75, 3.05) is 6.54 Å². The second kappa shape index (κ2) is 10.4. The van der Waals surface area contributed by atoms with Crippen LogP contribution in [-0.4, -0.2) is 18.7 Å². The van der Waals surface area contributed by atoms with Gasteiger partial charge >= 0.3 is 6.18 Å². The number of hydrogen-bond donors (Lipinski definition) is 1. The number of aliphatic imine (C=N–C) groups is 1. The van der Waals surface area contributed by atoms with E-state index in [4.69, 9.17) is 4.74 Å². The van der Waals surface area contributed by atoms with Gasteiger partial charge in [0.25, 0.3) is 5.91 Å². The molecule has 0 saturated heterocycles. The van der Waals surface area contributed by atoms with Gasteiger partial charge in [-0.25, -0.2) is 9.38 Å². The van der Waals surface area contributed by atoms with Gasteiger partial charge < -0.3 is 10.1 Å². The first-order valence-electron chi connectivity index (χ1n) is 11.5. The molecule has 0 spiro atoms. The molecule has 8 heteroatoms. The zero-order valence-corrected chi connectivity index (χ0v) is 20.2. The van der Waals surface area contributed by atoms with Gasteiger partial charge in [0, 0.05) is 18.3 Å². The predicted molar refractivity (Wildman–Crippen MR) is 136 cm³/mol. The third-order valence-electron chi connectivity index (χ3n) is 5.93. The Bertz CT molecular complexity index is 1440. The summed E-state index contributed by atoms with van der Waals surface area (Å²) < 4.78 is 59.4. The number of hydrogen-bond acceptors (Lipinski definition) is 3. The molecule has 0 aromatic heterocycles. The van der Waals surface area contributed by atoms with E-state index < -0.39 is 23.5 Å². The lowest BCUT2D eigenvalue weighted by Gasteiger charge is -2.16. The summed E-state index contributed by atoms with van der Waals surface area (Å²) in [6, 6.07) is 14.1. The molecule has 1 aliphatic heterocycles. The number of amides is 1. The van der Waals surface area contributed by atoms with Crippen molar-refractivity contribution in [1.29, 1.82) is 0 Å². The van der Waals surface area contributed by atoms with Crippen LogP contribution in [0.4, 0.5) is 17.6 Å². The number of aryl methyl sites for hydroxylation is 2. The molecule has 0 aliphatic carbocycles. The van der Waals surface area contributed by atoms with Gasteiger partial charge in [0.2, 0.25) is 5.88 Å². The van der Waals surface area contributed by atoms with Gasteiger partial charge in [-0.05, 0) is 72.9 Å². The number of halogens is 4. The highest BCUT2D eigenvalue weighted by Gasteiger charge is 2.31. The maximum atomic E-state index is 14.0. The van der Waals surface area contributed by atoms with Crippen LogP contribution in [0.5, 0.6) is 5.75 Å². The minimum Gasteiger partial charge on any atom is -0.438 e. The van der Waals surface area contributed by atoms with E-state index in [0.717, 1.165) is 28.8 Å². The maximum Gasteiger partial charge on any atom is 0.416 e. The monoisotopic (exact) mass is 508 g/mol. The number of fused-ring (bicyclic) bond motifs is 1. The number of benzene rings is 3. The van der Waals surface area contributed by atoms with Gasteiger partial charge in [0.1, 0.15) is 17.1 Å². The van der Waals surface area contributed by atoms with Gasteiger partial charge in [-0.15, -0.1) is 0 Å². The predicted octanol–water partition coefficient (Wildman–Crippen LogP) is 6.67. The maximum absolute atomic E-state index is 14.0. The van der Waals surface area contributed by atoms with Crippen LogP contribution in [0.3, 0.4) is 0 Å². The molecule has 1 aliphatic rings. The second-order valence-electron chi connectivity index (χ2n) is 8.72. The molecule has 3 aromatic rings. The quantitative estimate of drug-likeness (QED) is 0.379. The zero-order chi connectivity index (χ0) is 26.7. The summed E-state index contributed by atoms with van der Waals surface area (Å²) in [6.45, 7) is 8.15. The van der Waals surface area contributed by atoms with Crippen molar-refractivity contribution in [2.45, 2.75) is 26.4 Å². The fourth-order valence-corrected chi connectivity index (χ4v) is 4.06. The smallest absolute Gasteiger partial charge is 0.416 e. The third kappa shape index (κ3) is 5.97. The molecule has 4 rings (SSSR count). The Hall–Kier alpha value is -4.20. The van der Waals surface area contributed by atoms with Crippen LogP contribution >= 0.6 is 0 Å². The van der Waals surface area contributed by atoms with Gasteiger partial charge in [0.15, 0.2) is 0 Å². The van der Waals surface area contributed by atoms with Crippen molar-refractivity contribution >= 4 is 23.3 Å². The number of rotatable bonds is 6. The summed E-state index contributed by atoms with van der Waals surface area (Å²) in [5, 5.41) is 2.84. The Morgan fingerprint density at radius 2 is 1.81 bits per heavy atom. The lowest BCUT2D eigenvalue weighted by atomic mass is 9.95. The lowest BCUT2D eigenvalue weighted by molar-refractivity contribution is -0.137. The van der Waals surface area contributed by atoms with Crippen LogP contribution < -0.4 is 10.1 Å². The standard InChI is InChI=1S/C29H24F4N2O2/c1-17-7-8-20(18(2)13-17)11-12-34-27(36)26-24-10-9-22(30)15-25(24)19(3)16-35-28(26)37-23-6-4-5-21(14-23)29(31,32)33/h4-10,13-16H,3,11-12H2,1-2H3,(H,34,36). The van der Waals surface area contributed by atoms with E-state index in [1.807, 2.05) is 26.0 Å². The number of carbonyl (C=O) groups is 1. The van der Waals surface area contributed by atoms with Crippen molar-refractivity contribution in [3.63, 3.8) is 0 Å². The Morgan fingerprint density at radius 1 is 1.03 bits per heavy atom. The topological polar surface area (TPSA) is 50.7 Å². The highest BCUT2D eigenvalue weighted by molar-refractivity contribution is 6.24. The first-order valence-corrected chi connectivity index (χ1v) is 11.5. The molecular formula is C29H24F4N2O2. The first kappa shape index (κ1) is 25.9. The molecule has 0 fully saturated rings. The van der Waals surface area contributed by atoms with E-state index in [1.165, 1.54) is 36.5 Å². The Labute approximate surface area is 212 Å². The molecule has 190 valence electrons. The largest absolute Gasteiger partial charge is 0.438 e. The van der Waals surface area contributed by atoms with E-state index >= 15 is 0 Å². The fraction of sp³-hybridized carbons (Fsp3) is 0.172. The summed E-state index contributed by atoms with van der Waals surface area (Å²) >= 11 is 0. The SMILES string of the molecule is C=C1C=NC(Oc2cccc(C(F)(F)F)c2)=C(C(=O)NCCc2ccc(C)cc2C)c2ccc(F)cc21. The molecule has 37 heavy (non-hydrogen) atoms. The Kier molecular flexibility index (Phi) is 7.29. The number of alkyl halides is 3. The molecule has 0 atom stereocenters. The molecule has 3 aromatic carbocycles. The van der Waals surface area contributed by atoms with E-state index in [0.29, 0.717) is 23.1 Å². The van der Waals surface area contributed by atoms with Gasteiger partial charge in [-0.1, -0.05) is 42.5 Å². The lowest BCUT2D eigenvalue weighted by Crippen LogP contribution is -2.28. The van der Waals surface area contributed by atoms with E-state index in [-0.39, 0.29) is 23.8 Å². The van der Waals surface area contributed by atoms with Crippen LogP contribution in [-0.2, 0) is 17.4 Å². The fourth-order valence-electron chi connectivity index (χ4n) is 4.06. The number of nitrogens with zero attached hydrogens (tertiary/aromatic N) is 1. The average Bonchev–Trinajstić information content (AvgIpc) is 2.96. The summed E-state index contributed by atoms with van der Waals surface area (Å²) in [5.74, 6) is -1.48. The number of ether oxygens (including phenoxy) is 1. The number of carbonyl (C=O) groups excluding carboxylic acids is 1. The molecule has 0 bridgehead atoms. The molecule has 0 radical (unpaired) electrons. The van der Waals surface area contributed by atoms with Crippen molar-refractivity contribution < 1.29 is 27.1 Å². The van der Waals surface area contributed by atoms with E-state index in [9.17, 15) is 22.4 Å². The van der Waals surface area contributed by atoms with E-state index in [1.54, 1.807) is 0 Å². The molecular weight excluding hydrogens is 484 g/mol. The van der Waals surface area contributed by atoms with Crippen LogP contribution in [0, 0.1) is 19.7 Å². The van der Waals surface area contributed by atoms with Gasteiger partial charge in [0.05, 0.1) is 5.56 Å². The Morgan fingerprint density at radius 3 is 2.54 bits per heavy atom. The zero-order valence-electron chi connectivity index (χ0n) is 20.2. The normalized spacial score (nSPS) is 13.3. The molecule has 0 saturated carbocycles. The van der Waals surface area contributed by atoms with Crippen LogP contribution in [0.2, 0.25) is 0 Å². The molecule has 4 nitrogen and oxygen atoms in total. The van der Waals surface area contributed by atoms with Crippen molar-refractivity contribution in [3.8, 4) is 5.75 Å². The Balaban J connectivity index is 1.70. The van der Waals surface area contributed by atoms with Gasteiger partial charge in [-0.3, -0.25) is 4.79 Å². The van der Waals surface area contributed by atoms with Crippen molar-refractivity contribution in [1.82, 2.24) is 5.32 Å². The number of allylic oxidation sites excluding steroid dienone is 1. The van der Waals surface area contributed by atoms with Crippen LogP contribution in [0.1, 0.15) is 33.4 Å². The van der Waals surface area contributed by atoms with Crippen LogP contribution in [0.25, 0.3) is 11.1 Å². The van der Waals surface area contributed by atoms with Crippen molar-refractivity contribution in [3.05, 3.63) is 112 Å². The highest BCUT2D eigenvalue weighted by Crippen LogP contribution is 2.35. The van der Waals surface area contributed by atoms with Crippen LogP contribution in [0.15, 0.2) is 78.1 Å². The second-order valence-corrected chi connectivity index (χ2v) is 8.72. The van der Waals surface area contributed by atoms with Crippen molar-refractivity contribution in [2.24, 2.45) is 4.99 Å². The summed E-state index contributed by atoms with van der Waals surface area (Å²) in [4.78, 5) is 17.6. The number of nitrogens with one attached hydrogen (secondary N) is 1. The molecule has 1 amide bonds. The van der Waals surface area contributed by atoms with Gasteiger partial charge in [-0.2, -0.15) is 13.2 Å². The minimum atomic E-state index is -4.58. The molecule has 1 heterocycles. The first-order chi connectivity index (χ1) is 17.5.